The fourth-order valence-electron chi connectivity index (χ4n) is 8.09. The van der Waals surface area contributed by atoms with Crippen molar-refractivity contribution in [2.75, 3.05) is 45.3 Å². The van der Waals surface area contributed by atoms with Gasteiger partial charge in [0.05, 0.1) is 36.9 Å². The van der Waals surface area contributed by atoms with Crippen molar-refractivity contribution in [3.8, 4) is 0 Å². The van der Waals surface area contributed by atoms with Gasteiger partial charge in [-0.25, -0.2) is 19.2 Å². The molecule has 4 aromatic rings. The fourth-order valence-corrected chi connectivity index (χ4v) is 8.43. The van der Waals surface area contributed by atoms with Crippen LogP contribution < -0.4 is 10.2 Å². The Kier molecular flexibility index (Phi) is 11.9. The van der Waals surface area contributed by atoms with E-state index in [4.69, 9.17) is 18.9 Å². The van der Waals surface area contributed by atoms with Gasteiger partial charge >= 0.3 is 24.1 Å². The lowest BCUT2D eigenvalue weighted by atomic mass is 10.1. The summed E-state index contributed by atoms with van der Waals surface area (Å²) >= 11 is 3.40. The summed E-state index contributed by atoms with van der Waals surface area (Å²) in [5.74, 6) is -0.630. The molecule has 15 heteroatoms. The number of carbonyl (C=O) groups excluding carboxylic acids is 4. The zero-order chi connectivity index (χ0) is 41.6. The van der Waals surface area contributed by atoms with Gasteiger partial charge in [-0.3, -0.25) is 0 Å². The average molecular weight is 852 g/mol. The van der Waals surface area contributed by atoms with Gasteiger partial charge in [0, 0.05) is 97.2 Å². The zero-order valence-electron chi connectivity index (χ0n) is 34.6. The van der Waals surface area contributed by atoms with Crippen LogP contribution in [0.5, 0.6) is 0 Å². The van der Waals surface area contributed by atoms with Crippen LogP contribution in [0.4, 0.5) is 15.3 Å². The van der Waals surface area contributed by atoms with Crippen molar-refractivity contribution in [1.82, 2.24) is 24.3 Å². The molecule has 4 atom stereocenters. The van der Waals surface area contributed by atoms with E-state index in [1.807, 2.05) is 105 Å². The highest BCUT2D eigenvalue weighted by Crippen LogP contribution is 2.37. The van der Waals surface area contributed by atoms with E-state index in [0.29, 0.717) is 29.8 Å². The van der Waals surface area contributed by atoms with Gasteiger partial charge in [-0.05, 0) is 84.7 Å². The van der Waals surface area contributed by atoms with Gasteiger partial charge in [-0.1, -0.05) is 22.0 Å². The van der Waals surface area contributed by atoms with E-state index in [-0.39, 0.29) is 41.8 Å². The van der Waals surface area contributed by atoms with E-state index in [1.54, 1.807) is 12.4 Å². The first-order valence-electron chi connectivity index (χ1n) is 19.3. The first kappa shape index (κ1) is 41.9. The summed E-state index contributed by atoms with van der Waals surface area (Å²) in [6, 6.07) is 13.2. The molecule has 8 rings (SSSR count). The number of methoxy groups -OCH3 is 2. The molecular formula is C42H55BrN6O8. The number of nitrogens with one attached hydrogen (secondary N) is 1. The number of piperazine rings is 2. The molecule has 0 spiro atoms. The van der Waals surface area contributed by atoms with Gasteiger partial charge in [0.2, 0.25) is 0 Å². The SMILES string of the molecule is CC(C)(C)OC(=O)N1CC2CC1CN2.COC(=O)c1cn(C)c2cc(Br)ccc12.COC(=O)c1cn(C)c2cc(N3CC4CC3CN4C(=O)OC(C)(C)C)ccc12. The number of benzene rings is 2. The molecule has 2 aromatic carbocycles. The Labute approximate surface area is 342 Å². The smallest absolute Gasteiger partial charge is 0.410 e. The molecule has 4 fully saturated rings. The Morgan fingerprint density at radius 3 is 1.67 bits per heavy atom. The van der Waals surface area contributed by atoms with Crippen molar-refractivity contribution < 1.29 is 38.1 Å². The Bertz CT molecular complexity index is 2170. The number of anilines is 1. The van der Waals surface area contributed by atoms with Gasteiger partial charge < -0.3 is 48.1 Å². The van der Waals surface area contributed by atoms with E-state index < -0.39 is 5.60 Å². The number of aromatic nitrogens is 2. The molecule has 4 bridgehead atoms. The highest BCUT2D eigenvalue weighted by atomic mass is 79.9. The monoisotopic (exact) mass is 850 g/mol. The minimum atomic E-state index is -0.479. The predicted octanol–water partition coefficient (Wildman–Crippen LogP) is 6.86. The van der Waals surface area contributed by atoms with E-state index in [0.717, 1.165) is 64.4 Å². The molecule has 57 heavy (non-hydrogen) atoms. The second-order valence-corrected chi connectivity index (χ2v) is 18.0. The number of amides is 2. The molecule has 4 unspecified atom stereocenters. The van der Waals surface area contributed by atoms with Gasteiger partial charge in [0.15, 0.2) is 0 Å². The van der Waals surface area contributed by atoms with Crippen LogP contribution in [0.3, 0.4) is 0 Å². The number of carbonyl (C=O) groups is 4. The number of fused-ring (bicyclic) bond motifs is 6. The summed E-state index contributed by atoms with van der Waals surface area (Å²) in [5, 5.41) is 5.15. The lowest BCUT2D eigenvalue weighted by Crippen LogP contribution is -2.50. The van der Waals surface area contributed by atoms with Crippen LogP contribution in [0.15, 0.2) is 53.3 Å². The third-order valence-electron chi connectivity index (χ3n) is 10.6. The Morgan fingerprint density at radius 1 is 0.684 bits per heavy atom. The fraction of sp³-hybridized carbons (Fsp3) is 0.524. The first-order chi connectivity index (χ1) is 26.8. The Hall–Kier alpha value is -4.76. The van der Waals surface area contributed by atoms with Crippen molar-refractivity contribution in [1.29, 1.82) is 0 Å². The summed E-state index contributed by atoms with van der Waals surface area (Å²) in [7, 11) is 6.62. The molecule has 308 valence electrons. The zero-order valence-corrected chi connectivity index (χ0v) is 36.1. The highest BCUT2D eigenvalue weighted by Gasteiger charge is 2.47. The molecule has 1 N–H and O–H groups in total. The largest absolute Gasteiger partial charge is 0.465 e. The van der Waals surface area contributed by atoms with Crippen LogP contribution in [0, 0.1) is 0 Å². The topological polar surface area (TPSA) is 137 Å². The number of hydrogen-bond donors (Lipinski definition) is 1. The number of likely N-dealkylation sites (tertiary alicyclic amines) is 2. The number of rotatable bonds is 3. The lowest BCUT2D eigenvalue weighted by molar-refractivity contribution is 0.0198. The second-order valence-electron chi connectivity index (χ2n) is 17.1. The molecule has 4 saturated heterocycles. The lowest BCUT2D eigenvalue weighted by Gasteiger charge is -2.36. The Morgan fingerprint density at radius 2 is 1.21 bits per heavy atom. The maximum absolute atomic E-state index is 12.4. The highest BCUT2D eigenvalue weighted by molar-refractivity contribution is 9.10. The van der Waals surface area contributed by atoms with Crippen molar-refractivity contribution in [3.63, 3.8) is 0 Å². The van der Waals surface area contributed by atoms with Crippen LogP contribution in [0.2, 0.25) is 0 Å². The molecule has 14 nitrogen and oxygen atoms in total. The van der Waals surface area contributed by atoms with Gasteiger partial charge in [0.1, 0.15) is 11.2 Å². The molecule has 0 radical (unpaired) electrons. The first-order valence-corrected chi connectivity index (χ1v) is 20.1. The quantitative estimate of drug-likeness (QED) is 0.172. The van der Waals surface area contributed by atoms with Crippen molar-refractivity contribution in [3.05, 3.63) is 64.4 Å². The Balaban J connectivity index is 0.000000159. The molecule has 4 aliphatic heterocycles. The minimum absolute atomic E-state index is 0.161. The van der Waals surface area contributed by atoms with Crippen molar-refractivity contribution in [2.24, 2.45) is 14.1 Å². The molecule has 2 aromatic heterocycles. The molecule has 2 amide bonds. The van der Waals surface area contributed by atoms with Crippen LogP contribution in [-0.2, 0) is 33.0 Å². The normalized spacial score (nSPS) is 20.9. The maximum atomic E-state index is 12.4. The maximum Gasteiger partial charge on any atom is 0.410 e. The molecule has 6 heterocycles. The number of aryl methyl sites for hydroxylation is 2. The van der Waals surface area contributed by atoms with E-state index in [9.17, 15) is 19.2 Å². The van der Waals surface area contributed by atoms with Crippen LogP contribution >= 0.6 is 15.9 Å². The molecule has 0 saturated carbocycles. The van der Waals surface area contributed by atoms with Gasteiger partial charge in [-0.15, -0.1) is 0 Å². The average Bonchev–Trinajstić information content (AvgIpc) is 4.01. The van der Waals surface area contributed by atoms with Crippen LogP contribution in [0.1, 0.15) is 75.1 Å². The molecule has 4 aliphatic rings. The van der Waals surface area contributed by atoms with Gasteiger partial charge in [0.25, 0.3) is 0 Å². The standard InChI is InChI=1S/C21H27N3O4.C11H10BrNO2.C10H18N2O2/c1-21(2,3)28-20(26)24-11-14-8-15(24)10-23(14)13-6-7-16-17(19(25)27-5)12-22(4)18(16)9-13;1-13-6-9(11(14)15-2)8-4-3-7(12)5-10(8)13;1-10(2,3)14-9(13)12-6-7-4-8(12)5-11-7/h6-7,9,12,14-15H,8,10-11H2,1-5H3;3-6H,1-2H3;7-8,11H,4-6H2,1-3H3. The summed E-state index contributed by atoms with van der Waals surface area (Å²) in [6.45, 7) is 14.6. The summed E-state index contributed by atoms with van der Waals surface area (Å²) in [4.78, 5) is 53.7. The number of esters is 2. The van der Waals surface area contributed by atoms with E-state index >= 15 is 0 Å². The number of hydrogen-bond acceptors (Lipinski definition) is 10. The summed E-state index contributed by atoms with van der Waals surface area (Å²) in [5.41, 5.74) is 3.42. The van der Waals surface area contributed by atoms with E-state index in [1.165, 1.54) is 14.2 Å². The number of ether oxygens (including phenoxy) is 4. The summed E-state index contributed by atoms with van der Waals surface area (Å²) in [6.07, 6.45) is 5.24. The summed E-state index contributed by atoms with van der Waals surface area (Å²) < 4.78 is 25.3. The van der Waals surface area contributed by atoms with Crippen LogP contribution in [0.25, 0.3) is 21.8 Å². The van der Waals surface area contributed by atoms with Crippen LogP contribution in [-0.4, -0.2) is 119 Å². The second kappa shape index (κ2) is 16.2. The molecular weight excluding hydrogens is 796 g/mol. The van der Waals surface area contributed by atoms with E-state index in [2.05, 4.69) is 32.2 Å². The van der Waals surface area contributed by atoms with Crippen molar-refractivity contribution in [2.45, 2.75) is 89.8 Å². The van der Waals surface area contributed by atoms with Gasteiger partial charge in [-0.2, -0.15) is 0 Å². The third kappa shape index (κ3) is 9.19. The molecule has 0 aliphatic carbocycles. The predicted molar refractivity (Wildman–Crippen MR) is 222 cm³/mol. The minimum Gasteiger partial charge on any atom is -0.465 e. The van der Waals surface area contributed by atoms with Crippen molar-refractivity contribution >= 4 is 67.5 Å². The third-order valence-corrected chi connectivity index (χ3v) is 11.1. The number of halogens is 1. The number of nitrogens with zero attached hydrogens (tertiary/aromatic N) is 5.